The van der Waals surface area contributed by atoms with E-state index in [-0.39, 0.29) is 24.4 Å². The summed E-state index contributed by atoms with van der Waals surface area (Å²) < 4.78 is 5.42. The molecule has 1 N–H and O–H groups in total. The summed E-state index contributed by atoms with van der Waals surface area (Å²) in [6, 6.07) is 4.40. The maximum absolute atomic E-state index is 11.7. The zero-order valence-corrected chi connectivity index (χ0v) is 12.9. The van der Waals surface area contributed by atoms with Crippen molar-refractivity contribution in [1.82, 2.24) is 4.90 Å². The Balaban J connectivity index is 1.77. The number of nitro benzene ring substituents is 1. The van der Waals surface area contributed by atoms with E-state index in [1.807, 2.05) is 0 Å². The number of carbonyl (C=O) groups is 2. The highest BCUT2D eigenvalue weighted by Gasteiger charge is 2.43. The van der Waals surface area contributed by atoms with Crippen LogP contribution >= 0.6 is 15.9 Å². The number of halogens is 1. The maximum Gasteiger partial charge on any atom is 0.397 e. The number of nitrogens with zero attached hydrogens (tertiary/aromatic N) is 2. The van der Waals surface area contributed by atoms with Crippen LogP contribution in [0.5, 0.6) is 0 Å². The molecule has 116 valence electrons. The quantitative estimate of drug-likeness (QED) is 0.372. The number of carbonyl (C=O) groups excluding carboxylic acids is 2. The molecule has 9 heteroatoms. The zero-order valence-electron chi connectivity index (χ0n) is 11.3. The van der Waals surface area contributed by atoms with Crippen LogP contribution in [0.25, 0.3) is 0 Å². The molecule has 0 aliphatic carbocycles. The lowest BCUT2D eigenvalue weighted by Gasteiger charge is -2.27. The average Bonchev–Trinajstić information content (AvgIpc) is 2.88. The number of ether oxygens (including phenoxy) is 1. The van der Waals surface area contributed by atoms with Crippen molar-refractivity contribution in [3.05, 3.63) is 32.8 Å². The number of fused-ring (bicyclic) bond motifs is 1. The van der Waals surface area contributed by atoms with E-state index in [1.165, 1.54) is 11.0 Å². The van der Waals surface area contributed by atoms with Crippen molar-refractivity contribution in [2.45, 2.75) is 18.5 Å². The van der Waals surface area contributed by atoms with E-state index in [9.17, 15) is 19.7 Å². The minimum Gasteiger partial charge on any atom is -0.456 e. The van der Waals surface area contributed by atoms with E-state index in [1.54, 1.807) is 12.1 Å². The van der Waals surface area contributed by atoms with Crippen LogP contribution in [-0.2, 0) is 14.3 Å². The van der Waals surface area contributed by atoms with Crippen molar-refractivity contribution in [2.24, 2.45) is 0 Å². The normalized spacial score (nSPS) is 24.0. The van der Waals surface area contributed by atoms with Gasteiger partial charge in [0.05, 0.1) is 11.0 Å². The van der Waals surface area contributed by atoms with E-state index >= 15 is 0 Å². The van der Waals surface area contributed by atoms with Gasteiger partial charge in [-0.1, -0.05) is 15.9 Å². The second-order valence-electron chi connectivity index (χ2n) is 5.21. The van der Waals surface area contributed by atoms with E-state index in [4.69, 9.17) is 4.74 Å². The third-order valence-corrected chi connectivity index (χ3v) is 4.27. The summed E-state index contributed by atoms with van der Waals surface area (Å²) in [5.41, 5.74) is 0.343. The van der Waals surface area contributed by atoms with Gasteiger partial charge in [-0.15, -0.1) is 0 Å². The number of amides is 1. The lowest BCUT2D eigenvalue weighted by molar-refractivity contribution is -0.384. The zero-order chi connectivity index (χ0) is 15.9. The molecule has 8 nitrogen and oxygen atoms in total. The van der Waals surface area contributed by atoms with Gasteiger partial charge in [-0.05, 0) is 18.6 Å². The van der Waals surface area contributed by atoms with Crippen LogP contribution in [0.1, 0.15) is 6.42 Å². The van der Waals surface area contributed by atoms with Crippen molar-refractivity contribution in [3.8, 4) is 0 Å². The molecule has 0 aromatic heterocycles. The number of morpholine rings is 1. The number of rotatable bonds is 3. The van der Waals surface area contributed by atoms with E-state index in [0.29, 0.717) is 23.1 Å². The lowest BCUT2D eigenvalue weighted by Crippen LogP contribution is -2.48. The highest BCUT2D eigenvalue weighted by atomic mass is 79.9. The fourth-order valence-electron chi connectivity index (χ4n) is 2.78. The lowest BCUT2D eigenvalue weighted by atomic mass is 10.1. The monoisotopic (exact) mass is 369 g/mol. The number of nitrogens with one attached hydrogen (secondary N) is 1. The first-order valence-electron chi connectivity index (χ1n) is 6.64. The number of anilines is 1. The second kappa shape index (κ2) is 5.56. The molecular formula is C13H12BrN3O5. The van der Waals surface area contributed by atoms with Crippen LogP contribution in [0.4, 0.5) is 11.4 Å². The van der Waals surface area contributed by atoms with Crippen LogP contribution in [-0.4, -0.2) is 46.9 Å². The van der Waals surface area contributed by atoms with Crippen molar-refractivity contribution < 1.29 is 19.2 Å². The Bertz CT molecular complexity index is 665. The van der Waals surface area contributed by atoms with Gasteiger partial charge in [0.1, 0.15) is 12.3 Å². The molecule has 2 heterocycles. The number of esters is 1. The summed E-state index contributed by atoms with van der Waals surface area (Å²) in [5, 5.41) is 14.2. The largest absolute Gasteiger partial charge is 0.456 e. The SMILES string of the molecule is O=C1OC[C@H]2C[C@@H](Nc3ccc(Br)cc3[N+](=O)[O-])CN2C1=O. The average molecular weight is 370 g/mol. The fraction of sp³-hybridized carbons (Fsp3) is 0.385. The predicted molar refractivity (Wildman–Crippen MR) is 79.3 cm³/mol. The highest BCUT2D eigenvalue weighted by molar-refractivity contribution is 9.10. The molecule has 0 spiro atoms. The number of benzene rings is 1. The Morgan fingerprint density at radius 1 is 1.41 bits per heavy atom. The maximum atomic E-state index is 11.7. The summed E-state index contributed by atoms with van der Waals surface area (Å²) in [6.45, 7) is 0.497. The van der Waals surface area contributed by atoms with Gasteiger partial charge in [-0.3, -0.25) is 14.9 Å². The number of hydrogen-bond donors (Lipinski definition) is 1. The minimum atomic E-state index is -0.841. The second-order valence-corrected chi connectivity index (χ2v) is 6.12. The number of hydrogen-bond acceptors (Lipinski definition) is 6. The summed E-state index contributed by atoms with van der Waals surface area (Å²) in [7, 11) is 0. The van der Waals surface area contributed by atoms with Crippen molar-refractivity contribution in [1.29, 1.82) is 0 Å². The Kier molecular flexibility index (Phi) is 3.73. The summed E-state index contributed by atoms with van der Waals surface area (Å²) >= 11 is 3.20. The standard InChI is InChI=1S/C13H12BrN3O5/c14-7-1-2-10(11(3-7)17(20)21)15-8-4-9-6-22-13(19)12(18)16(9)5-8/h1-3,8-9,15H,4-6H2/t8-,9-/m1/s1. The van der Waals surface area contributed by atoms with Gasteiger partial charge in [-0.25, -0.2) is 4.79 Å². The van der Waals surface area contributed by atoms with Gasteiger partial charge in [-0.2, -0.15) is 0 Å². The molecule has 0 radical (unpaired) electrons. The van der Waals surface area contributed by atoms with Gasteiger partial charge in [0, 0.05) is 23.1 Å². The van der Waals surface area contributed by atoms with Gasteiger partial charge >= 0.3 is 11.9 Å². The molecule has 2 fully saturated rings. The first-order chi connectivity index (χ1) is 10.5. The Morgan fingerprint density at radius 3 is 2.91 bits per heavy atom. The molecule has 2 atom stereocenters. The highest BCUT2D eigenvalue weighted by Crippen LogP contribution is 2.31. The van der Waals surface area contributed by atoms with Crippen LogP contribution < -0.4 is 5.32 Å². The topological polar surface area (TPSA) is 102 Å². The first kappa shape index (κ1) is 14.8. The van der Waals surface area contributed by atoms with Crippen LogP contribution in [0.2, 0.25) is 0 Å². The summed E-state index contributed by atoms with van der Waals surface area (Å²) in [5.74, 6) is -1.49. The molecule has 3 rings (SSSR count). The van der Waals surface area contributed by atoms with Crippen molar-refractivity contribution in [3.63, 3.8) is 0 Å². The van der Waals surface area contributed by atoms with Gasteiger partial charge in [0.25, 0.3) is 5.69 Å². The minimum absolute atomic E-state index is 0.0436. The van der Waals surface area contributed by atoms with Crippen LogP contribution in [0.15, 0.2) is 22.7 Å². The Labute approximate surface area is 133 Å². The molecule has 0 saturated carbocycles. The van der Waals surface area contributed by atoms with Crippen LogP contribution in [0, 0.1) is 10.1 Å². The van der Waals surface area contributed by atoms with E-state index in [0.717, 1.165) is 0 Å². The molecule has 2 aliphatic heterocycles. The number of cyclic esters (lactones) is 1. The Morgan fingerprint density at radius 2 is 2.18 bits per heavy atom. The molecule has 1 aromatic rings. The molecule has 0 bridgehead atoms. The Hall–Kier alpha value is -2.16. The molecule has 2 saturated heterocycles. The van der Waals surface area contributed by atoms with Crippen molar-refractivity contribution in [2.75, 3.05) is 18.5 Å². The van der Waals surface area contributed by atoms with Crippen molar-refractivity contribution >= 4 is 39.2 Å². The van der Waals surface area contributed by atoms with Gasteiger partial charge in [0.2, 0.25) is 0 Å². The smallest absolute Gasteiger partial charge is 0.397 e. The van der Waals surface area contributed by atoms with Gasteiger partial charge in [0.15, 0.2) is 0 Å². The fourth-order valence-corrected chi connectivity index (χ4v) is 3.13. The molecule has 0 unspecified atom stereocenters. The molecule has 1 amide bonds. The van der Waals surface area contributed by atoms with Crippen LogP contribution in [0.3, 0.4) is 0 Å². The number of nitro groups is 1. The first-order valence-corrected chi connectivity index (χ1v) is 7.43. The molecular weight excluding hydrogens is 358 g/mol. The van der Waals surface area contributed by atoms with E-state index in [2.05, 4.69) is 21.2 Å². The molecule has 22 heavy (non-hydrogen) atoms. The van der Waals surface area contributed by atoms with Gasteiger partial charge < -0.3 is 15.0 Å². The third-order valence-electron chi connectivity index (χ3n) is 3.77. The molecule has 1 aromatic carbocycles. The predicted octanol–water partition coefficient (Wildman–Crippen LogP) is 1.30. The summed E-state index contributed by atoms with van der Waals surface area (Å²) in [4.78, 5) is 35.1. The third kappa shape index (κ3) is 2.63. The van der Waals surface area contributed by atoms with E-state index < -0.39 is 16.8 Å². The molecule has 2 aliphatic rings. The summed E-state index contributed by atoms with van der Waals surface area (Å²) in [6.07, 6.45) is 0.576.